The molecule has 0 aromatic carbocycles. The third-order valence-corrected chi connectivity index (χ3v) is 6.68. The molecule has 0 amide bonds. The molecule has 7 nitrogen and oxygen atoms in total. The van der Waals surface area contributed by atoms with Crippen LogP contribution in [0.2, 0.25) is 0 Å². The van der Waals surface area contributed by atoms with E-state index in [0.29, 0.717) is 34.9 Å². The number of aromatic nitrogens is 3. The second-order valence-corrected chi connectivity index (χ2v) is 8.83. The van der Waals surface area contributed by atoms with Crippen molar-refractivity contribution in [2.45, 2.75) is 19.4 Å². The maximum Gasteiger partial charge on any atom is 0.242 e. The zero-order chi connectivity index (χ0) is 19.6. The van der Waals surface area contributed by atoms with E-state index in [-0.39, 0.29) is 11.4 Å². The fraction of sp³-hybridized carbons (Fsp3) is 0.211. The van der Waals surface area contributed by atoms with Crippen LogP contribution in [0.5, 0.6) is 5.75 Å². The summed E-state index contributed by atoms with van der Waals surface area (Å²) in [5, 5.41) is 0. The van der Waals surface area contributed by atoms with Gasteiger partial charge in [-0.15, -0.1) is 11.3 Å². The molecule has 0 aliphatic heterocycles. The molecule has 0 atom stereocenters. The van der Waals surface area contributed by atoms with E-state index in [1.807, 2.05) is 18.2 Å². The first-order valence-electron chi connectivity index (χ1n) is 8.66. The van der Waals surface area contributed by atoms with E-state index >= 15 is 0 Å². The van der Waals surface area contributed by atoms with E-state index in [0.717, 1.165) is 11.3 Å². The van der Waals surface area contributed by atoms with Crippen molar-refractivity contribution in [1.29, 1.82) is 0 Å². The summed E-state index contributed by atoms with van der Waals surface area (Å²) in [4.78, 5) is 14.3. The predicted molar refractivity (Wildman–Crippen MR) is 108 cm³/mol. The summed E-state index contributed by atoms with van der Waals surface area (Å²) in [5.41, 5.74) is 4.08. The summed E-state index contributed by atoms with van der Waals surface area (Å²) in [6, 6.07) is 9.01. The minimum Gasteiger partial charge on any atom is -0.497 e. The number of pyridine rings is 2. The van der Waals surface area contributed by atoms with Crippen LogP contribution in [0.4, 0.5) is 0 Å². The van der Waals surface area contributed by atoms with E-state index in [1.54, 1.807) is 37.0 Å². The number of sulfonamides is 1. The van der Waals surface area contributed by atoms with Gasteiger partial charge < -0.3 is 4.74 Å². The smallest absolute Gasteiger partial charge is 0.242 e. The van der Waals surface area contributed by atoms with Crippen molar-refractivity contribution in [3.05, 3.63) is 64.4 Å². The average molecular weight is 415 g/mol. The van der Waals surface area contributed by atoms with Crippen LogP contribution in [0.3, 0.4) is 0 Å². The molecule has 3 aromatic heterocycles. The topological polar surface area (TPSA) is 94.1 Å². The number of hydrogen-bond donors (Lipinski definition) is 1. The third kappa shape index (κ3) is 3.82. The van der Waals surface area contributed by atoms with Crippen LogP contribution < -0.4 is 9.46 Å². The van der Waals surface area contributed by atoms with Gasteiger partial charge in [-0.2, -0.15) is 0 Å². The molecule has 0 unspecified atom stereocenters. The summed E-state index contributed by atoms with van der Waals surface area (Å²) >= 11 is 1.48. The summed E-state index contributed by atoms with van der Waals surface area (Å²) in [6.07, 6.45) is 4.92. The maximum absolute atomic E-state index is 12.8. The van der Waals surface area contributed by atoms with Gasteiger partial charge in [0.2, 0.25) is 10.0 Å². The average Bonchev–Trinajstić information content (AvgIpc) is 3.21. The van der Waals surface area contributed by atoms with Gasteiger partial charge in [0.05, 0.1) is 41.9 Å². The number of nitrogens with one attached hydrogen (secondary N) is 1. The molecule has 0 spiro atoms. The molecule has 28 heavy (non-hydrogen) atoms. The molecular formula is C19H18N4O3S2. The molecule has 3 heterocycles. The number of aryl methyl sites for hydroxylation is 1. The highest BCUT2D eigenvalue weighted by molar-refractivity contribution is 7.98. The summed E-state index contributed by atoms with van der Waals surface area (Å²) in [5.74, 6) is 0.587. The van der Waals surface area contributed by atoms with Crippen LogP contribution in [0.15, 0.2) is 48.1 Å². The van der Waals surface area contributed by atoms with Crippen molar-refractivity contribution in [3.8, 4) is 17.1 Å². The lowest BCUT2D eigenvalue weighted by molar-refractivity contribution is 0.413. The third-order valence-electron chi connectivity index (χ3n) is 4.32. The molecule has 0 bridgehead atoms. The van der Waals surface area contributed by atoms with Gasteiger partial charge in [-0.3, -0.25) is 4.98 Å². The zero-order valence-corrected chi connectivity index (χ0v) is 16.8. The Bertz CT molecular complexity index is 1130. The van der Waals surface area contributed by atoms with E-state index in [1.165, 1.54) is 11.3 Å². The van der Waals surface area contributed by atoms with Gasteiger partial charge >= 0.3 is 0 Å². The lowest BCUT2D eigenvalue weighted by Crippen LogP contribution is -2.25. The molecule has 3 aromatic rings. The fourth-order valence-corrected chi connectivity index (χ4v) is 5.10. The highest BCUT2D eigenvalue weighted by atomic mass is 32.2. The van der Waals surface area contributed by atoms with Crippen LogP contribution >= 0.6 is 11.3 Å². The number of methoxy groups -OCH3 is 1. The molecule has 0 radical (unpaired) electrons. The Morgan fingerprint density at radius 3 is 2.89 bits per heavy atom. The molecule has 144 valence electrons. The summed E-state index contributed by atoms with van der Waals surface area (Å²) in [6.45, 7) is 0.0379. The number of rotatable bonds is 6. The minimum atomic E-state index is -3.70. The van der Waals surface area contributed by atoms with Gasteiger partial charge in [0.1, 0.15) is 10.7 Å². The van der Waals surface area contributed by atoms with Crippen LogP contribution in [0.25, 0.3) is 16.3 Å². The molecule has 1 aliphatic rings. The van der Waals surface area contributed by atoms with Crippen molar-refractivity contribution >= 4 is 26.3 Å². The van der Waals surface area contributed by atoms with Gasteiger partial charge in [-0.1, -0.05) is 12.1 Å². The Kier molecular flexibility index (Phi) is 5.21. The normalized spacial score (nSPS) is 13.7. The molecule has 1 N–H and O–H groups in total. The first kappa shape index (κ1) is 18.7. The number of allylic oxidation sites excluding steroid dienone is 1. The Hall–Kier alpha value is -2.62. The largest absolute Gasteiger partial charge is 0.497 e. The molecule has 0 saturated heterocycles. The van der Waals surface area contributed by atoms with Crippen molar-refractivity contribution in [2.75, 3.05) is 7.11 Å². The van der Waals surface area contributed by atoms with Crippen LogP contribution in [0.1, 0.15) is 22.7 Å². The number of nitrogens with zero attached hydrogens (tertiary/aromatic N) is 3. The lowest BCUT2D eigenvalue weighted by atomic mass is 10.1. The van der Waals surface area contributed by atoms with Crippen molar-refractivity contribution in [2.24, 2.45) is 0 Å². The lowest BCUT2D eigenvalue weighted by Gasteiger charge is -2.14. The fourth-order valence-electron chi connectivity index (χ4n) is 2.98. The Labute approximate surface area is 167 Å². The molecule has 0 fully saturated rings. The number of fused-ring (bicyclic) bond motifs is 1. The predicted octanol–water partition coefficient (Wildman–Crippen LogP) is 3.02. The second-order valence-electron chi connectivity index (χ2n) is 6.15. The highest BCUT2D eigenvalue weighted by Gasteiger charge is 2.26. The van der Waals surface area contributed by atoms with Crippen molar-refractivity contribution in [3.63, 3.8) is 0 Å². The Balaban J connectivity index is 1.59. The monoisotopic (exact) mass is 414 g/mol. The van der Waals surface area contributed by atoms with Gasteiger partial charge in [-0.25, -0.2) is 23.1 Å². The Morgan fingerprint density at radius 2 is 2.11 bits per heavy atom. The van der Waals surface area contributed by atoms with Crippen LogP contribution in [0, 0.1) is 0 Å². The molecule has 0 saturated carbocycles. The standard InChI is InChI=1S/C19H18N4O3S2/c1-26-14-9-13(23-16(10-14)15-5-2-3-8-20-15)11-22-28(24,25)18-7-4-6-17-19(18)21-12-27-17/h2-3,5,7-10,12,22H,4,6,11H2,1H3. The molecule has 9 heteroatoms. The van der Waals surface area contributed by atoms with E-state index in [9.17, 15) is 8.42 Å². The first-order chi connectivity index (χ1) is 13.6. The van der Waals surface area contributed by atoms with E-state index < -0.39 is 10.0 Å². The zero-order valence-electron chi connectivity index (χ0n) is 15.1. The molecule has 1 aliphatic carbocycles. The van der Waals surface area contributed by atoms with Crippen LogP contribution in [-0.2, 0) is 23.0 Å². The summed E-state index contributed by atoms with van der Waals surface area (Å²) < 4.78 is 33.7. The molecular weight excluding hydrogens is 396 g/mol. The summed E-state index contributed by atoms with van der Waals surface area (Å²) in [7, 11) is -2.15. The first-order valence-corrected chi connectivity index (χ1v) is 11.0. The van der Waals surface area contributed by atoms with Gasteiger partial charge in [0.25, 0.3) is 0 Å². The quantitative estimate of drug-likeness (QED) is 0.666. The minimum absolute atomic E-state index is 0.0379. The number of hydrogen-bond acceptors (Lipinski definition) is 7. The van der Waals surface area contributed by atoms with E-state index in [2.05, 4.69) is 19.7 Å². The van der Waals surface area contributed by atoms with Gasteiger partial charge in [0, 0.05) is 23.2 Å². The van der Waals surface area contributed by atoms with Crippen molar-refractivity contribution < 1.29 is 13.2 Å². The van der Waals surface area contributed by atoms with Crippen LogP contribution in [-0.4, -0.2) is 30.5 Å². The Morgan fingerprint density at radius 1 is 1.21 bits per heavy atom. The van der Waals surface area contributed by atoms with Crippen molar-refractivity contribution in [1.82, 2.24) is 19.7 Å². The number of thiazole rings is 1. The van der Waals surface area contributed by atoms with Gasteiger partial charge in [0.15, 0.2) is 0 Å². The van der Waals surface area contributed by atoms with E-state index in [4.69, 9.17) is 4.74 Å². The SMILES string of the molecule is COc1cc(CNS(=O)(=O)C2=CCCc3scnc32)nc(-c2ccccn2)c1. The second kappa shape index (κ2) is 7.78. The molecule has 4 rings (SSSR count). The van der Waals surface area contributed by atoms with Gasteiger partial charge in [-0.05, 0) is 25.0 Å². The number of ether oxygens (including phenoxy) is 1. The highest BCUT2D eigenvalue weighted by Crippen LogP contribution is 2.31. The maximum atomic E-state index is 12.8.